The molecule has 0 bridgehead atoms. The maximum Gasteiger partial charge on any atom is 0.231 e. The van der Waals surface area contributed by atoms with Crippen molar-refractivity contribution in [1.29, 1.82) is 0 Å². The first-order valence-corrected chi connectivity index (χ1v) is 9.97. The Hall–Kier alpha value is -2.04. The van der Waals surface area contributed by atoms with Gasteiger partial charge in [0.05, 0.1) is 13.1 Å². The molecule has 8 nitrogen and oxygen atoms in total. The summed E-state index contributed by atoms with van der Waals surface area (Å²) in [5.74, 6) is 4.18. The van der Waals surface area contributed by atoms with E-state index in [2.05, 4.69) is 20.8 Å². The topological polar surface area (TPSA) is 85.6 Å². The van der Waals surface area contributed by atoms with Crippen LogP contribution in [0.4, 0.5) is 0 Å². The average Bonchev–Trinajstić information content (AvgIpc) is 3.31. The average molecular weight is 512 g/mol. The van der Waals surface area contributed by atoms with E-state index in [1.807, 2.05) is 36.7 Å². The van der Waals surface area contributed by atoms with Crippen molar-refractivity contribution >= 4 is 29.9 Å². The van der Waals surface area contributed by atoms with Gasteiger partial charge in [-0.2, -0.15) is 0 Å². The van der Waals surface area contributed by atoms with Crippen molar-refractivity contribution in [2.75, 3.05) is 6.79 Å². The first-order chi connectivity index (χ1) is 13.7. The van der Waals surface area contributed by atoms with E-state index in [1.165, 1.54) is 32.1 Å². The first-order valence-electron chi connectivity index (χ1n) is 9.97. The number of halogens is 1. The minimum atomic E-state index is 0. The van der Waals surface area contributed by atoms with Crippen LogP contribution in [-0.4, -0.2) is 33.6 Å². The van der Waals surface area contributed by atoms with Crippen molar-refractivity contribution in [3.8, 4) is 11.5 Å². The summed E-state index contributed by atoms with van der Waals surface area (Å²) in [5, 5.41) is 15.4. The molecule has 2 aliphatic rings. The third kappa shape index (κ3) is 5.52. The number of rotatable bonds is 5. The molecule has 1 aromatic heterocycles. The van der Waals surface area contributed by atoms with E-state index in [9.17, 15) is 0 Å². The second-order valence-corrected chi connectivity index (χ2v) is 7.41. The molecule has 0 unspecified atom stereocenters. The van der Waals surface area contributed by atoms with Crippen LogP contribution >= 0.6 is 24.0 Å². The van der Waals surface area contributed by atoms with Gasteiger partial charge in [0.25, 0.3) is 0 Å². The molecule has 1 aromatic carbocycles. The minimum Gasteiger partial charge on any atom is -0.454 e. The number of fused-ring (bicyclic) bond motifs is 1. The minimum absolute atomic E-state index is 0. The second-order valence-electron chi connectivity index (χ2n) is 7.41. The highest BCUT2D eigenvalue weighted by Gasteiger charge is 2.16. The van der Waals surface area contributed by atoms with Gasteiger partial charge in [0.2, 0.25) is 6.79 Å². The summed E-state index contributed by atoms with van der Waals surface area (Å²) in [6.07, 6.45) is 6.25. The Morgan fingerprint density at radius 3 is 2.72 bits per heavy atom. The Bertz CT molecular complexity index is 847. The van der Waals surface area contributed by atoms with Gasteiger partial charge in [-0.05, 0) is 37.5 Å². The van der Waals surface area contributed by atoms with E-state index in [4.69, 9.17) is 14.5 Å². The number of ether oxygens (including phenoxy) is 2. The van der Waals surface area contributed by atoms with Crippen LogP contribution in [0.2, 0.25) is 0 Å². The number of nitrogens with zero attached hydrogens (tertiary/aromatic N) is 4. The van der Waals surface area contributed by atoms with Crippen molar-refractivity contribution in [3.05, 3.63) is 35.4 Å². The Kier molecular flexibility index (Phi) is 7.57. The smallest absolute Gasteiger partial charge is 0.231 e. The lowest BCUT2D eigenvalue weighted by Gasteiger charge is -2.25. The number of nitrogens with one attached hydrogen (secondary N) is 2. The monoisotopic (exact) mass is 512 g/mol. The Morgan fingerprint density at radius 2 is 1.97 bits per heavy atom. The maximum absolute atomic E-state index is 5.47. The molecule has 1 fully saturated rings. The largest absolute Gasteiger partial charge is 0.454 e. The van der Waals surface area contributed by atoms with Crippen molar-refractivity contribution < 1.29 is 9.47 Å². The molecule has 2 N–H and O–H groups in total. The van der Waals surface area contributed by atoms with Crippen LogP contribution in [0.3, 0.4) is 0 Å². The molecule has 29 heavy (non-hydrogen) atoms. The third-order valence-corrected chi connectivity index (χ3v) is 5.40. The van der Waals surface area contributed by atoms with Crippen LogP contribution in [0.1, 0.15) is 49.3 Å². The molecular formula is C20H29IN6O2. The fraction of sp³-hybridized carbons (Fsp3) is 0.550. The zero-order chi connectivity index (χ0) is 19.3. The predicted octanol–water partition coefficient (Wildman–Crippen LogP) is 3.04. The quantitative estimate of drug-likeness (QED) is 0.364. The standard InChI is InChI=1S/C20H28N6O2.HI/c1-14-24-25-19(26(14)2)12-22-20(23-16-6-4-3-5-7-16)21-11-15-8-9-17-18(10-15)28-13-27-17;/h8-10,16H,3-7,11-13H2,1-2H3,(H2,21,22,23);1H. The third-order valence-electron chi connectivity index (χ3n) is 5.40. The fourth-order valence-corrected chi connectivity index (χ4v) is 3.57. The number of benzene rings is 1. The lowest BCUT2D eigenvalue weighted by atomic mass is 9.96. The SMILES string of the molecule is Cc1nnc(CNC(=NCc2ccc3c(c2)OCO3)NC2CCCCC2)n1C.I. The van der Waals surface area contributed by atoms with Crippen LogP contribution in [0, 0.1) is 6.92 Å². The van der Waals surface area contributed by atoms with E-state index >= 15 is 0 Å². The van der Waals surface area contributed by atoms with E-state index in [1.54, 1.807) is 0 Å². The van der Waals surface area contributed by atoms with Crippen LogP contribution in [0.5, 0.6) is 11.5 Å². The lowest BCUT2D eigenvalue weighted by Crippen LogP contribution is -2.44. The molecule has 1 saturated carbocycles. The van der Waals surface area contributed by atoms with Gasteiger partial charge in [-0.25, -0.2) is 4.99 Å². The normalized spacial score (nSPS) is 16.4. The van der Waals surface area contributed by atoms with Gasteiger partial charge in [-0.3, -0.25) is 0 Å². The van der Waals surface area contributed by atoms with E-state index < -0.39 is 0 Å². The molecule has 1 aliphatic carbocycles. The number of hydrogen-bond acceptors (Lipinski definition) is 5. The van der Waals surface area contributed by atoms with Gasteiger partial charge in [-0.15, -0.1) is 34.2 Å². The fourth-order valence-electron chi connectivity index (χ4n) is 3.57. The molecule has 1 aliphatic heterocycles. The molecule has 158 valence electrons. The number of guanidine groups is 1. The van der Waals surface area contributed by atoms with Crippen LogP contribution in [0.15, 0.2) is 23.2 Å². The molecule has 2 heterocycles. The Balaban J connectivity index is 0.00000240. The zero-order valence-electron chi connectivity index (χ0n) is 17.0. The first kappa shape index (κ1) is 21.7. The number of aromatic nitrogens is 3. The number of aliphatic imine (C=N–C) groups is 1. The molecule has 0 atom stereocenters. The van der Waals surface area contributed by atoms with Gasteiger partial charge >= 0.3 is 0 Å². The van der Waals surface area contributed by atoms with E-state index in [-0.39, 0.29) is 30.8 Å². The van der Waals surface area contributed by atoms with E-state index in [0.29, 0.717) is 19.1 Å². The lowest BCUT2D eigenvalue weighted by molar-refractivity contribution is 0.174. The molecule has 0 amide bonds. The predicted molar refractivity (Wildman–Crippen MR) is 122 cm³/mol. The summed E-state index contributed by atoms with van der Waals surface area (Å²) < 4.78 is 12.8. The zero-order valence-corrected chi connectivity index (χ0v) is 19.3. The van der Waals surface area contributed by atoms with Gasteiger partial charge in [0.15, 0.2) is 23.3 Å². The summed E-state index contributed by atoms with van der Waals surface area (Å²) in [6.45, 7) is 3.38. The molecule has 2 aromatic rings. The summed E-state index contributed by atoms with van der Waals surface area (Å²) in [4.78, 5) is 4.81. The second kappa shape index (κ2) is 10.1. The van der Waals surface area contributed by atoms with E-state index in [0.717, 1.165) is 34.7 Å². The maximum atomic E-state index is 5.47. The van der Waals surface area contributed by atoms with Gasteiger partial charge in [-0.1, -0.05) is 25.3 Å². The van der Waals surface area contributed by atoms with Crippen LogP contribution < -0.4 is 20.1 Å². The summed E-state index contributed by atoms with van der Waals surface area (Å²) in [6, 6.07) is 6.44. The Morgan fingerprint density at radius 1 is 1.17 bits per heavy atom. The van der Waals surface area contributed by atoms with Gasteiger partial charge < -0.3 is 24.7 Å². The van der Waals surface area contributed by atoms with Gasteiger partial charge in [0, 0.05) is 13.1 Å². The molecule has 0 radical (unpaired) electrons. The summed E-state index contributed by atoms with van der Waals surface area (Å²) in [5.41, 5.74) is 1.09. The van der Waals surface area contributed by atoms with Crippen LogP contribution in [-0.2, 0) is 20.1 Å². The molecule has 0 saturated heterocycles. The molecule has 0 spiro atoms. The molecule has 4 rings (SSSR count). The summed E-state index contributed by atoms with van der Waals surface area (Å²) >= 11 is 0. The molecule has 9 heteroatoms. The van der Waals surface area contributed by atoms with Crippen LogP contribution in [0.25, 0.3) is 0 Å². The van der Waals surface area contributed by atoms with Crippen molar-refractivity contribution in [2.24, 2.45) is 12.0 Å². The highest BCUT2D eigenvalue weighted by atomic mass is 127. The van der Waals surface area contributed by atoms with Crippen molar-refractivity contribution in [1.82, 2.24) is 25.4 Å². The highest BCUT2D eigenvalue weighted by Crippen LogP contribution is 2.32. The number of hydrogen-bond donors (Lipinski definition) is 2. The number of aryl methyl sites for hydroxylation is 1. The Labute approximate surface area is 188 Å². The van der Waals surface area contributed by atoms with Gasteiger partial charge in [0.1, 0.15) is 5.82 Å². The highest BCUT2D eigenvalue weighted by molar-refractivity contribution is 14.0. The van der Waals surface area contributed by atoms with Crippen molar-refractivity contribution in [3.63, 3.8) is 0 Å². The molecular weight excluding hydrogens is 483 g/mol. The summed E-state index contributed by atoms with van der Waals surface area (Å²) in [7, 11) is 1.98. The van der Waals surface area contributed by atoms with Crippen molar-refractivity contribution in [2.45, 2.75) is 58.2 Å².